The Balaban J connectivity index is 5.29. The van der Waals surface area contributed by atoms with Gasteiger partial charge in [-0.25, -0.2) is 4.79 Å². The molecular formula is C18H34N4O6S. The Labute approximate surface area is 176 Å². The zero-order valence-electron chi connectivity index (χ0n) is 17.3. The average molecular weight is 435 g/mol. The van der Waals surface area contributed by atoms with Gasteiger partial charge in [-0.05, 0) is 11.8 Å². The first-order valence-corrected chi connectivity index (χ1v) is 10.3. The fraction of sp³-hybridized carbons (Fsp3) is 0.778. The molecule has 0 rings (SSSR count). The van der Waals surface area contributed by atoms with Crippen LogP contribution in [0.1, 0.15) is 40.5 Å². The van der Waals surface area contributed by atoms with Crippen molar-refractivity contribution in [3.8, 4) is 0 Å². The van der Waals surface area contributed by atoms with Crippen LogP contribution in [0.3, 0.4) is 0 Å². The molecule has 0 spiro atoms. The molecule has 29 heavy (non-hydrogen) atoms. The van der Waals surface area contributed by atoms with E-state index in [1.807, 2.05) is 6.92 Å². The lowest BCUT2D eigenvalue weighted by molar-refractivity contribution is -0.144. The van der Waals surface area contributed by atoms with E-state index < -0.39 is 54.5 Å². The Morgan fingerprint density at radius 2 is 1.38 bits per heavy atom. The summed E-state index contributed by atoms with van der Waals surface area (Å²) in [6, 6.07) is -4.40. The van der Waals surface area contributed by atoms with Gasteiger partial charge in [-0.1, -0.05) is 40.5 Å². The maximum absolute atomic E-state index is 12.7. The monoisotopic (exact) mass is 434 g/mol. The number of nitrogens with two attached hydrogens (primary N) is 1. The van der Waals surface area contributed by atoms with Crippen LogP contribution in [0.4, 0.5) is 0 Å². The number of hydrogen-bond acceptors (Lipinski definition) is 7. The number of carboxylic acid groups (broad SMARTS) is 1. The SMILES string of the molecule is CCC(C)C(NC(=O)C(CO)NC(=O)C(NC(=O)C(N)CS)C(C)CC)C(=O)O. The molecule has 0 saturated heterocycles. The predicted molar refractivity (Wildman–Crippen MR) is 111 cm³/mol. The van der Waals surface area contributed by atoms with Crippen molar-refractivity contribution in [2.24, 2.45) is 17.6 Å². The molecule has 0 aromatic rings. The third-order valence-electron chi connectivity index (χ3n) is 4.92. The van der Waals surface area contributed by atoms with Crippen LogP contribution in [0.25, 0.3) is 0 Å². The highest BCUT2D eigenvalue weighted by atomic mass is 32.1. The van der Waals surface area contributed by atoms with Crippen LogP contribution in [-0.4, -0.2) is 70.4 Å². The van der Waals surface area contributed by atoms with Gasteiger partial charge in [-0.2, -0.15) is 12.6 Å². The van der Waals surface area contributed by atoms with Gasteiger partial charge in [0, 0.05) is 5.75 Å². The van der Waals surface area contributed by atoms with Gasteiger partial charge < -0.3 is 31.9 Å². The third kappa shape index (κ3) is 8.58. The second-order valence-electron chi connectivity index (χ2n) is 7.11. The lowest BCUT2D eigenvalue weighted by Gasteiger charge is -2.27. The molecule has 7 N–H and O–H groups in total. The van der Waals surface area contributed by atoms with Crippen molar-refractivity contribution in [2.45, 2.75) is 64.7 Å². The van der Waals surface area contributed by atoms with E-state index in [2.05, 4.69) is 28.6 Å². The second kappa shape index (κ2) is 13.4. The number of aliphatic hydroxyl groups is 1. The van der Waals surface area contributed by atoms with Crippen molar-refractivity contribution >= 4 is 36.3 Å². The van der Waals surface area contributed by atoms with E-state index in [-0.39, 0.29) is 17.6 Å². The van der Waals surface area contributed by atoms with E-state index in [0.29, 0.717) is 12.8 Å². The molecular weight excluding hydrogens is 400 g/mol. The Morgan fingerprint density at radius 3 is 1.79 bits per heavy atom. The minimum Gasteiger partial charge on any atom is -0.480 e. The molecule has 0 bridgehead atoms. The summed E-state index contributed by atoms with van der Waals surface area (Å²) in [7, 11) is 0. The molecule has 3 amide bonds. The van der Waals surface area contributed by atoms with Crippen molar-refractivity contribution < 1.29 is 29.4 Å². The summed E-state index contributed by atoms with van der Waals surface area (Å²) in [5.74, 6) is -3.80. The smallest absolute Gasteiger partial charge is 0.326 e. The molecule has 0 aliphatic rings. The van der Waals surface area contributed by atoms with Crippen LogP contribution < -0.4 is 21.7 Å². The summed E-state index contributed by atoms with van der Waals surface area (Å²) in [6.07, 6.45) is 1.07. The zero-order valence-corrected chi connectivity index (χ0v) is 18.2. The number of carbonyl (C=O) groups excluding carboxylic acids is 3. The fourth-order valence-electron chi connectivity index (χ4n) is 2.44. The maximum Gasteiger partial charge on any atom is 0.326 e. The summed E-state index contributed by atoms with van der Waals surface area (Å²) >= 11 is 3.95. The van der Waals surface area contributed by atoms with Crippen LogP contribution in [0.5, 0.6) is 0 Å². The number of thiol groups is 1. The van der Waals surface area contributed by atoms with Gasteiger partial charge in [0.2, 0.25) is 17.7 Å². The lowest BCUT2D eigenvalue weighted by atomic mass is 9.97. The van der Waals surface area contributed by atoms with Crippen molar-refractivity contribution in [1.29, 1.82) is 0 Å². The lowest BCUT2D eigenvalue weighted by Crippen LogP contribution is -2.60. The van der Waals surface area contributed by atoms with Gasteiger partial charge in [0.05, 0.1) is 12.6 Å². The molecule has 0 aromatic heterocycles. The van der Waals surface area contributed by atoms with Gasteiger partial charge >= 0.3 is 5.97 Å². The molecule has 0 aliphatic carbocycles. The first kappa shape index (κ1) is 27.1. The van der Waals surface area contributed by atoms with Crippen molar-refractivity contribution in [3.63, 3.8) is 0 Å². The largest absolute Gasteiger partial charge is 0.480 e. The molecule has 11 heteroatoms. The zero-order chi connectivity index (χ0) is 22.7. The number of carbonyl (C=O) groups is 4. The number of nitrogens with one attached hydrogen (secondary N) is 3. The topological polar surface area (TPSA) is 171 Å². The van der Waals surface area contributed by atoms with E-state index in [0.717, 1.165) is 0 Å². The van der Waals surface area contributed by atoms with E-state index >= 15 is 0 Å². The fourth-order valence-corrected chi connectivity index (χ4v) is 2.60. The Hall–Kier alpha value is -1.85. The standard InChI is InChI=1S/C18H34N4O6S/c1-5-9(3)13(21-15(24)11(19)8-29)17(26)20-12(7-23)16(25)22-14(18(27)28)10(4)6-2/h9-14,23,29H,5-8,19H2,1-4H3,(H,20,26)(H,21,24)(H,22,25)(H,27,28). The summed E-state index contributed by atoms with van der Waals surface area (Å²) in [4.78, 5) is 48.6. The second-order valence-corrected chi connectivity index (χ2v) is 7.48. The van der Waals surface area contributed by atoms with Crippen LogP contribution in [-0.2, 0) is 19.2 Å². The minimum absolute atomic E-state index is 0.0918. The van der Waals surface area contributed by atoms with E-state index in [1.165, 1.54) is 0 Å². The number of aliphatic hydroxyl groups excluding tert-OH is 1. The van der Waals surface area contributed by atoms with Gasteiger partial charge in [-0.3, -0.25) is 14.4 Å². The third-order valence-corrected chi connectivity index (χ3v) is 5.31. The molecule has 10 nitrogen and oxygen atoms in total. The molecule has 0 aliphatic heterocycles. The highest BCUT2D eigenvalue weighted by Gasteiger charge is 2.33. The molecule has 0 radical (unpaired) electrons. The molecule has 0 fully saturated rings. The maximum atomic E-state index is 12.7. The number of carboxylic acids is 1. The highest BCUT2D eigenvalue weighted by Crippen LogP contribution is 2.10. The van der Waals surface area contributed by atoms with Crippen LogP contribution in [0, 0.1) is 11.8 Å². The first-order valence-electron chi connectivity index (χ1n) is 9.65. The average Bonchev–Trinajstić information content (AvgIpc) is 2.71. The summed E-state index contributed by atoms with van der Waals surface area (Å²) in [6.45, 7) is 6.29. The number of amides is 3. The predicted octanol–water partition coefficient (Wildman–Crippen LogP) is -1.13. The molecule has 6 unspecified atom stereocenters. The van der Waals surface area contributed by atoms with Crippen LogP contribution in [0.2, 0.25) is 0 Å². The number of rotatable bonds is 13. The Bertz CT molecular complexity index is 577. The van der Waals surface area contributed by atoms with Crippen molar-refractivity contribution in [2.75, 3.05) is 12.4 Å². The van der Waals surface area contributed by atoms with Crippen molar-refractivity contribution in [1.82, 2.24) is 16.0 Å². The van der Waals surface area contributed by atoms with Crippen molar-refractivity contribution in [3.05, 3.63) is 0 Å². The molecule has 0 aromatic carbocycles. The van der Waals surface area contributed by atoms with E-state index in [4.69, 9.17) is 5.73 Å². The number of aliphatic carboxylic acids is 1. The summed E-state index contributed by atoms with van der Waals surface area (Å²) < 4.78 is 0. The quantitative estimate of drug-likeness (QED) is 0.180. The number of hydrogen-bond donors (Lipinski definition) is 7. The molecule has 168 valence electrons. The molecule has 0 heterocycles. The summed E-state index contributed by atoms with van der Waals surface area (Å²) in [5, 5.41) is 26.1. The molecule has 6 atom stereocenters. The van der Waals surface area contributed by atoms with Gasteiger partial charge in [0.1, 0.15) is 18.1 Å². The first-order chi connectivity index (χ1) is 13.5. The van der Waals surface area contributed by atoms with E-state index in [9.17, 15) is 29.4 Å². The Morgan fingerprint density at radius 1 is 0.897 bits per heavy atom. The van der Waals surface area contributed by atoms with E-state index in [1.54, 1.807) is 20.8 Å². The van der Waals surface area contributed by atoms with Gasteiger partial charge in [0.15, 0.2) is 0 Å². The van der Waals surface area contributed by atoms with Gasteiger partial charge in [0.25, 0.3) is 0 Å². The summed E-state index contributed by atoms with van der Waals surface area (Å²) in [5.41, 5.74) is 5.63. The highest BCUT2D eigenvalue weighted by molar-refractivity contribution is 7.80. The normalized spacial score (nSPS) is 17.2. The minimum atomic E-state index is -1.37. The molecule has 0 saturated carbocycles. The van der Waals surface area contributed by atoms with Gasteiger partial charge in [-0.15, -0.1) is 0 Å². The van der Waals surface area contributed by atoms with Crippen LogP contribution >= 0.6 is 12.6 Å². The Kier molecular flexibility index (Phi) is 12.5. The van der Waals surface area contributed by atoms with Crippen LogP contribution in [0.15, 0.2) is 0 Å².